The Morgan fingerprint density at radius 3 is 2.42 bits per heavy atom. The van der Waals surface area contributed by atoms with Gasteiger partial charge in [0.25, 0.3) is 5.91 Å². The zero-order chi connectivity index (χ0) is 18.4. The average molecular weight is 349 g/mol. The van der Waals surface area contributed by atoms with Crippen molar-refractivity contribution in [1.82, 2.24) is 15.3 Å². The first-order valence-electron chi connectivity index (χ1n) is 8.07. The number of rotatable bonds is 6. The molecule has 0 fully saturated rings. The zero-order valence-corrected chi connectivity index (χ0v) is 14.6. The van der Waals surface area contributed by atoms with E-state index in [0.717, 1.165) is 16.8 Å². The molecule has 0 saturated heterocycles. The van der Waals surface area contributed by atoms with Gasteiger partial charge in [0, 0.05) is 42.3 Å². The molecule has 0 bridgehead atoms. The number of hydrogen-bond donors (Lipinski definition) is 1. The second-order valence-corrected chi connectivity index (χ2v) is 5.54. The summed E-state index contributed by atoms with van der Waals surface area (Å²) in [6.45, 7) is 0.344. The molecule has 2 aromatic heterocycles. The van der Waals surface area contributed by atoms with E-state index in [1.54, 1.807) is 51.0 Å². The molecule has 6 heteroatoms. The molecule has 0 unspecified atom stereocenters. The number of methoxy groups -OCH3 is 2. The van der Waals surface area contributed by atoms with Crippen LogP contribution in [0.3, 0.4) is 0 Å². The standard InChI is InChI=1S/C20H19N3O3/c1-25-17-9-16(10-18(11-17)26-2)20(24)23-13-15-6-4-8-22-19(15)14-5-3-7-21-12-14/h3-12H,13H2,1-2H3,(H,23,24). The van der Waals surface area contributed by atoms with Gasteiger partial charge in [-0.3, -0.25) is 14.8 Å². The maximum atomic E-state index is 12.5. The van der Waals surface area contributed by atoms with Crippen molar-refractivity contribution < 1.29 is 14.3 Å². The minimum atomic E-state index is -0.219. The summed E-state index contributed by atoms with van der Waals surface area (Å²) in [6, 6.07) is 12.6. The van der Waals surface area contributed by atoms with E-state index in [4.69, 9.17) is 9.47 Å². The van der Waals surface area contributed by atoms with Gasteiger partial charge in [0.05, 0.1) is 19.9 Å². The van der Waals surface area contributed by atoms with Crippen LogP contribution in [0.25, 0.3) is 11.3 Å². The van der Waals surface area contributed by atoms with E-state index >= 15 is 0 Å². The summed E-state index contributed by atoms with van der Waals surface area (Å²) in [7, 11) is 3.10. The smallest absolute Gasteiger partial charge is 0.251 e. The lowest BCUT2D eigenvalue weighted by Crippen LogP contribution is -2.23. The van der Waals surface area contributed by atoms with E-state index in [0.29, 0.717) is 23.6 Å². The molecule has 6 nitrogen and oxygen atoms in total. The molecule has 1 aromatic carbocycles. The lowest BCUT2D eigenvalue weighted by atomic mass is 10.1. The fourth-order valence-electron chi connectivity index (χ4n) is 2.56. The Balaban J connectivity index is 1.79. The van der Waals surface area contributed by atoms with Gasteiger partial charge in [0.1, 0.15) is 11.5 Å². The number of pyridine rings is 2. The summed E-state index contributed by atoms with van der Waals surface area (Å²) < 4.78 is 10.4. The number of aromatic nitrogens is 2. The molecule has 2 heterocycles. The van der Waals surface area contributed by atoms with Crippen LogP contribution in [0.4, 0.5) is 0 Å². The highest BCUT2D eigenvalue weighted by Gasteiger charge is 2.12. The van der Waals surface area contributed by atoms with Crippen molar-refractivity contribution in [2.24, 2.45) is 0 Å². The summed E-state index contributed by atoms with van der Waals surface area (Å²) >= 11 is 0. The Morgan fingerprint density at radius 2 is 1.77 bits per heavy atom. The molecule has 1 amide bonds. The molecule has 132 valence electrons. The Hall–Kier alpha value is -3.41. The van der Waals surface area contributed by atoms with Crippen molar-refractivity contribution in [3.63, 3.8) is 0 Å². The van der Waals surface area contributed by atoms with Crippen LogP contribution < -0.4 is 14.8 Å². The van der Waals surface area contributed by atoms with Gasteiger partial charge in [-0.15, -0.1) is 0 Å². The second kappa shape index (κ2) is 8.11. The first-order chi connectivity index (χ1) is 12.7. The highest BCUT2D eigenvalue weighted by atomic mass is 16.5. The summed E-state index contributed by atoms with van der Waals surface area (Å²) in [5, 5.41) is 2.92. The van der Waals surface area contributed by atoms with Crippen molar-refractivity contribution in [3.8, 4) is 22.8 Å². The summed E-state index contributed by atoms with van der Waals surface area (Å²) in [4.78, 5) is 21.1. The number of carbonyl (C=O) groups is 1. The molecule has 3 aromatic rings. The van der Waals surface area contributed by atoms with E-state index in [1.165, 1.54) is 0 Å². The normalized spacial score (nSPS) is 10.2. The van der Waals surface area contributed by atoms with Crippen LogP contribution in [-0.4, -0.2) is 30.1 Å². The number of amides is 1. The first kappa shape index (κ1) is 17.4. The predicted octanol–water partition coefficient (Wildman–Crippen LogP) is 3.09. The summed E-state index contributed by atoms with van der Waals surface area (Å²) in [6.07, 6.45) is 5.19. The molecule has 26 heavy (non-hydrogen) atoms. The lowest BCUT2D eigenvalue weighted by Gasteiger charge is -2.11. The number of nitrogens with zero attached hydrogens (tertiary/aromatic N) is 2. The van der Waals surface area contributed by atoms with E-state index in [2.05, 4.69) is 15.3 Å². The highest BCUT2D eigenvalue weighted by molar-refractivity contribution is 5.95. The number of carbonyl (C=O) groups excluding carboxylic acids is 1. The number of ether oxygens (including phenoxy) is 2. The van der Waals surface area contributed by atoms with Crippen molar-refractivity contribution >= 4 is 5.91 Å². The minimum Gasteiger partial charge on any atom is -0.497 e. The number of benzene rings is 1. The van der Waals surface area contributed by atoms with Crippen LogP contribution in [0.15, 0.2) is 61.1 Å². The van der Waals surface area contributed by atoms with Crippen LogP contribution in [0.1, 0.15) is 15.9 Å². The van der Waals surface area contributed by atoms with Gasteiger partial charge in [0.2, 0.25) is 0 Å². The highest BCUT2D eigenvalue weighted by Crippen LogP contribution is 2.23. The largest absolute Gasteiger partial charge is 0.497 e. The maximum Gasteiger partial charge on any atom is 0.251 e. The third kappa shape index (κ3) is 3.97. The van der Waals surface area contributed by atoms with E-state index in [9.17, 15) is 4.79 Å². The molecule has 0 aliphatic heterocycles. The molecule has 0 atom stereocenters. The van der Waals surface area contributed by atoms with Gasteiger partial charge in [-0.1, -0.05) is 6.07 Å². The second-order valence-electron chi connectivity index (χ2n) is 5.54. The average Bonchev–Trinajstić information content (AvgIpc) is 2.72. The van der Waals surface area contributed by atoms with Gasteiger partial charge in [-0.2, -0.15) is 0 Å². The van der Waals surface area contributed by atoms with Crippen molar-refractivity contribution in [3.05, 3.63) is 72.2 Å². The lowest BCUT2D eigenvalue weighted by molar-refractivity contribution is 0.0950. The molecule has 0 aliphatic rings. The van der Waals surface area contributed by atoms with Gasteiger partial charge >= 0.3 is 0 Å². The van der Waals surface area contributed by atoms with Crippen molar-refractivity contribution in [2.45, 2.75) is 6.54 Å². The molecular weight excluding hydrogens is 330 g/mol. The van der Waals surface area contributed by atoms with E-state index in [-0.39, 0.29) is 5.91 Å². The van der Waals surface area contributed by atoms with Crippen molar-refractivity contribution in [2.75, 3.05) is 14.2 Å². The Labute approximate surface area is 151 Å². The van der Waals surface area contributed by atoms with Crippen LogP contribution >= 0.6 is 0 Å². The van der Waals surface area contributed by atoms with Crippen LogP contribution in [-0.2, 0) is 6.54 Å². The van der Waals surface area contributed by atoms with Gasteiger partial charge < -0.3 is 14.8 Å². The van der Waals surface area contributed by atoms with Crippen molar-refractivity contribution in [1.29, 1.82) is 0 Å². The fourth-order valence-corrected chi connectivity index (χ4v) is 2.56. The Bertz CT molecular complexity index is 876. The zero-order valence-electron chi connectivity index (χ0n) is 14.6. The predicted molar refractivity (Wildman–Crippen MR) is 98.2 cm³/mol. The summed E-state index contributed by atoms with van der Waals surface area (Å²) in [5.74, 6) is 0.905. The third-order valence-corrected chi connectivity index (χ3v) is 3.88. The quantitative estimate of drug-likeness (QED) is 0.740. The Morgan fingerprint density at radius 1 is 1.04 bits per heavy atom. The first-order valence-corrected chi connectivity index (χ1v) is 8.07. The third-order valence-electron chi connectivity index (χ3n) is 3.88. The molecule has 1 N–H and O–H groups in total. The molecule has 0 radical (unpaired) electrons. The SMILES string of the molecule is COc1cc(OC)cc(C(=O)NCc2cccnc2-c2cccnc2)c1. The topological polar surface area (TPSA) is 73.3 Å². The molecule has 3 rings (SSSR count). The summed E-state index contributed by atoms with van der Waals surface area (Å²) in [5.41, 5.74) is 3.07. The fraction of sp³-hybridized carbons (Fsp3) is 0.150. The van der Waals surface area contributed by atoms with Gasteiger partial charge in [-0.05, 0) is 35.9 Å². The van der Waals surface area contributed by atoms with Gasteiger partial charge in [-0.25, -0.2) is 0 Å². The van der Waals surface area contributed by atoms with Crippen LogP contribution in [0.2, 0.25) is 0 Å². The van der Waals surface area contributed by atoms with E-state index in [1.807, 2.05) is 24.3 Å². The van der Waals surface area contributed by atoms with Crippen LogP contribution in [0.5, 0.6) is 11.5 Å². The molecule has 0 saturated carbocycles. The minimum absolute atomic E-state index is 0.219. The van der Waals surface area contributed by atoms with Crippen LogP contribution in [0, 0.1) is 0 Å². The van der Waals surface area contributed by atoms with Gasteiger partial charge in [0.15, 0.2) is 0 Å². The molecular formula is C20H19N3O3. The molecule has 0 aliphatic carbocycles. The monoisotopic (exact) mass is 349 g/mol. The maximum absolute atomic E-state index is 12.5. The Kier molecular flexibility index (Phi) is 5.43. The molecule has 0 spiro atoms. The van der Waals surface area contributed by atoms with E-state index < -0.39 is 0 Å². The number of nitrogens with one attached hydrogen (secondary N) is 1. The number of hydrogen-bond acceptors (Lipinski definition) is 5.